The van der Waals surface area contributed by atoms with Crippen LogP contribution >= 0.6 is 11.6 Å². The maximum Gasteiger partial charge on any atom is 0.193 e. The molecule has 0 unspecified atom stereocenters. The van der Waals surface area contributed by atoms with Gasteiger partial charge >= 0.3 is 0 Å². The molecule has 3 heteroatoms. The molecule has 21 heavy (non-hydrogen) atoms. The average molecular weight is 299 g/mol. The van der Waals surface area contributed by atoms with Gasteiger partial charge in [-0.2, -0.15) is 0 Å². The molecule has 0 spiro atoms. The van der Waals surface area contributed by atoms with Gasteiger partial charge in [-0.3, -0.25) is 4.79 Å². The van der Waals surface area contributed by atoms with Crippen LogP contribution in [0.1, 0.15) is 25.3 Å². The molecule has 106 valence electrons. The van der Waals surface area contributed by atoms with Crippen LogP contribution in [0.15, 0.2) is 57.7 Å². The Balaban J connectivity index is 2.18. The van der Waals surface area contributed by atoms with Crippen LogP contribution in [-0.2, 0) is 0 Å². The molecule has 0 atom stereocenters. The minimum Gasteiger partial charge on any atom is -0.456 e. The molecule has 1 heterocycles. The Morgan fingerprint density at radius 1 is 1.00 bits per heavy atom. The van der Waals surface area contributed by atoms with Gasteiger partial charge in [0.2, 0.25) is 0 Å². The summed E-state index contributed by atoms with van der Waals surface area (Å²) in [6, 6.07) is 14.6. The largest absolute Gasteiger partial charge is 0.456 e. The van der Waals surface area contributed by atoms with Gasteiger partial charge in [0.15, 0.2) is 5.43 Å². The lowest BCUT2D eigenvalue weighted by molar-refractivity contribution is 0.618. The molecule has 0 fully saturated rings. The van der Waals surface area contributed by atoms with Crippen molar-refractivity contribution < 1.29 is 4.42 Å². The summed E-state index contributed by atoms with van der Waals surface area (Å²) in [4.78, 5) is 12.3. The molecule has 0 aliphatic carbocycles. The normalized spacial score (nSPS) is 11.2. The molecule has 0 N–H and O–H groups in total. The summed E-state index contributed by atoms with van der Waals surface area (Å²) >= 11 is 5.88. The van der Waals surface area contributed by atoms with E-state index in [1.54, 1.807) is 12.1 Å². The molecular weight excluding hydrogens is 284 g/mol. The minimum absolute atomic E-state index is 0.0244. The fourth-order valence-corrected chi connectivity index (χ4v) is 2.42. The van der Waals surface area contributed by atoms with E-state index >= 15 is 0 Å². The molecule has 0 bridgehead atoms. The lowest BCUT2D eigenvalue weighted by atomic mass is 10.0. The highest BCUT2D eigenvalue weighted by atomic mass is 35.5. The van der Waals surface area contributed by atoms with E-state index in [-0.39, 0.29) is 5.43 Å². The third kappa shape index (κ3) is 2.72. The monoisotopic (exact) mass is 298 g/mol. The summed E-state index contributed by atoms with van der Waals surface area (Å²) in [7, 11) is 0. The molecule has 0 saturated carbocycles. The quantitative estimate of drug-likeness (QED) is 0.648. The first kappa shape index (κ1) is 13.9. The molecular formula is C18H15ClO2. The summed E-state index contributed by atoms with van der Waals surface area (Å²) in [5.41, 5.74) is 2.56. The van der Waals surface area contributed by atoms with Crippen LogP contribution in [0.3, 0.4) is 0 Å². The van der Waals surface area contributed by atoms with E-state index in [0.29, 0.717) is 27.7 Å². The van der Waals surface area contributed by atoms with E-state index in [2.05, 4.69) is 13.8 Å². The molecule has 2 nitrogen and oxygen atoms in total. The fraction of sp³-hybridized carbons (Fsp3) is 0.167. The van der Waals surface area contributed by atoms with Crippen LogP contribution < -0.4 is 5.43 Å². The van der Waals surface area contributed by atoms with E-state index in [9.17, 15) is 4.79 Å². The van der Waals surface area contributed by atoms with Gasteiger partial charge in [-0.05, 0) is 47.9 Å². The van der Waals surface area contributed by atoms with E-state index in [1.807, 2.05) is 30.3 Å². The number of fused-ring (bicyclic) bond motifs is 1. The van der Waals surface area contributed by atoms with Gasteiger partial charge in [0.05, 0.1) is 5.39 Å². The second-order valence-corrected chi connectivity index (χ2v) is 5.83. The third-order valence-corrected chi connectivity index (χ3v) is 3.80. The number of benzene rings is 2. The summed E-state index contributed by atoms with van der Waals surface area (Å²) in [6.45, 7) is 4.20. The Morgan fingerprint density at radius 3 is 2.38 bits per heavy atom. The highest BCUT2D eigenvalue weighted by molar-refractivity contribution is 6.30. The topological polar surface area (TPSA) is 30.2 Å². The van der Waals surface area contributed by atoms with Crippen LogP contribution in [0.5, 0.6) is 0 Å². The van der Waals surface area contributed by atoms with Crippen molar-refractivity contribution in [1.29, 1.82) is 0 Å². The molecule has 3 aromatic rings. The number of halogens is 1. The van der Waals surface area contributed by atoms with Crippen LogP contribution in [0.2, 0.25) is 5.02 Å². The van der Waals surface area contributed by atoms with Crippen molar-refractivity contribution in [1.82, 2.24) is 0 Å². The van der Waals surface area contributed by atoms with Gasteiger partial charge in [0.25, 0.3) is 0 Å². The third-order valence-electron chi connectivity index (χ3n) is 3.55. The van der Waals surface area contributed by atoms with E-state index in [1.165, 1.54) is 6.07 Å². The smallest absolute Gasteiger partial charge is 0.193 e. The lowest BCUT2D eigenvalue weighted by Gasteiger charge is -2.07. The minimum atomic E-state index is -0.0244. The Bertz CT molecular complexity index is 845. The van der Waals surface area contributed by atoms with Crippen molar-refractivity contribution >= 4 is 22.6 Å². The van der Waals surface area contributed by atoms with Crippen LogP contribution in [0.4, 0.5) is 0 Å². The number of hydrogen-bond donors (Lipinski definition) is 0. The highest BCUT2D eigenvalue weighted by Crippen LogP contribution is 2.25. The maximum absolute atomic E-state index is 12.3. The van der Waals surface area contributed by atoms with Crippen LogP contribution in [-0.4, -0.2) is 0 Å². The summed E-state index contributed by atoms with van der Waals surface area (Å²) in [6.07, 6.45) is 0. The fourth-order valence-electron chi connectivity index (χ4n) is 2.29. The van der Waals surface area contributed by atoms with Gasteiger partial charge in [0.1, 0.15) is 11.3 Å². The first-order chi connectivity index (χ1) is 10.0. The first-order valence-electron chi connectivity index (χ1n) is 6.88. The highest BCUT2D eigenvalue weighted by Gasteiger charge is 2.09. The summed E-state index contributed by atoms with van der Waals surface area (Å²) in [5, 5.41) is 1.28. The van der Waals surface area contributed by atoms with Crippen molar-refractivity contribution in [3.05, 3.63) is 69.3 Å². The first-order valence-corrected chi connectivity index (χ1v) is 7.26. The lowest BCUT2D eigenvalue weighted by Crippen LogP contribution is -2.01. The molecule has 0 aliphatic rings. The standard InChI is InChI=1S/C18H15ClO2/c1-11(2)13-5-8-17-15(9-13)16(20)10-18(21-17)12-3-6-14(19)7-4-12/h3-11H,1-2H3. The second-order valence-electron chi connectivity index (χ2n) is 5.39. The zero-order valence-corrected chi connectivity index (χ0v) is 12.6. The SMILES string of the molecule is CC(C)c1ccc2oc(-c3ccc(Cl)cc3)cc(=O)c2c1. The zero-order chi connectivity index (χ0) is 15.0. The molecule has 1 aromatic heterocycles. The molecule has 0 amide bonds. The van der Waals surface area contributed by atoms with Gasteiger partial charge in [-0.25, -0.2) is 0 Å². The van der Waals surface area contributed by atoms with Crippen LogP contribution in [0.25, 0.3) is 22.3 Å². The van der Waals surface area contributed by atoms with E-state index in [0.717, 1.165) is 11.1 Å². The van der Waals surface area contributed by atoms with Crippen molar-refractivity contribution in [2.24, 2.45) is 0 Å². The Labute approximate surface area is 128 Å². The predicted octanol–water partition coefficient (Wildman–Crippen LogP) is 5.24. The van der Waals surface area contributed by atoms with Crippen molar-refractivity contribution in [3.63, 3.8) is 0 Å². The second kappa shape index (κ2) is 5.38. The number of hydrogen-bond acceptors (Lipinski definition) is 2. The molecule has 0 saturated heterocycles. The molecule has 3 rings (SSSR count). The predicted molar refractivity (Wildman–Crippen MR) is 87.0 cm³/mol. The van der Waals surface area contributed by atoms with Crippen molar-refractivity contribution in [2.45, 2.75) is 19.8 Å². The summed E-state index contributed by atoms with van der Waals surface area (Å²) < 4.78 is 5.86. The van der Waals surface area contributed by atoms with E-state index < -0.39 is 0 Å². The van der Waals surface area contributed by atoms with E-state index in [4.69, 9.17) is 16.0 Å². The molecule has 0 aliphatic heterocycles. The van der Waals surface area contributed by atoms with Gasteiger partial charge in [-0.15, -0.1) is 0 Å². The van der Waals surface area contributed by atoms with Crippen molar-refractivity contribution in [3.8, 4) is 11.3 Å². The Kier molecular flexibility index (Phi) is 3.56. The summed E-state index contributed by atoms with van der Waals surface area (Å²) in [5.74, 6) is 0.936. The Hall–Kier alpha value is -2.06. The van der Waals surface area contributed by atoms with Crippen molar-refractivity contribution in [2.75, 3.05) is 0 Å². The Morgan fingerprint density at radius 2 is 1.71 bits per heavy atom. The average Bonchev–Trinajstić information content (AvgIpc) is 2.47. The van der Waals surface area contributed by atoms with Crippen LogP contribution in [0, 0.1) is 0 Å². The van der Waals surface area contributed by atoms with Gasteiger partial charge in [0, 0.05) is 16.7 Å². The molecule has 0 radical (unpaired) electrons. The molecule has 2 aromatic carbocycles. The zero-order valence-electron chi connectivity index (χ0n) is 11.9. The number of rotatable bonds is 2. The maximum atomic E-state index is 12.3. The van der Waals surface area contributed by atoms with Gasteiger partial charge < -0.3 is 4.42 Å². The van der Waals surface area contributed by atoms with Gasteiger partial charge in [-0.1, -0.05) is 31.5 Å².